The highest BCUT2D eigenvalue weighted by atomic mass is 79.9. The summed E-state index contributed by atoms with van der Waals surface area (Å²) in [7, 11) is 0. The topological polar surface area (TPSA) is 64.1 Å². The van der Waals surface area contributed by atoms with Crippen LogP contribution in [-0.2, 0) is 10.5 Å². The van der Waals surface area contributed by atoms with Crippen molar-refractivity contribution in [1.82, 2.24) is 10.2 Å². The number of nitrogens with one attached hydrogen (secondary N) is 1. The van der Waals surface area contributed by atoms with Crippen molar-refractivity contribution in [3.05, 3.63) is 64.1 Å². The Morgan fingerprint density at radius 2 is 2.04 bits per heavy atom. The van der Waals surface area contributed by atoms with Gasteiger partial charge in [0.2, 0.25) is 5.13 Å². The molecule has 1 heterocycles. The van der Waals surface area contributed by atoms with Gasteiger partial charge in [-0.3, -0.25) is 10.1 Å². The zero-order valence-electron chi connectivity index (χ0n) is 13.9. The molecule has 3 rings (SSSR count). The summed E-state index contributed by atoms with van der Waals surface area (Å²) in [5.74, 6) is 1.17. The first-order chi connectivity index (χ1) is 12.6. The molecule has 1 aromatic heterocycles. The van der Waals surface area contributed by atoms with E-state index in [-0.39, 0.29) is 12.5 Å². The number of nitrogens with zero attached hydrogens (tertiary/aromatic N) is 2. The molecular formula is C18H16BrN3O2S2. The van der Waals surface area contributed by atoms with E-state index in [9.17, 15) is 4.79 Å². The van der Waals surface area contributed by atoms with Gasteiger partial charge in [-0.2, -0.15) is 0 Å². The monoisotopic (exact) mass is 449 g/mol. The second-order valence-corrected chi connectivity index (χ2v) is 8.47. The Hall–Kier alpha value is -1.90. The Balaban J connectivity index is 1.48. The lowest BCUT2D eigenvalue weighted by Crippen LogP contribution is -2.20. The van der Waals surface area contributed by atoms with Gasteiger partial charge in [0.1, 0.15) is 5.75 Å². The third-order valence-corrected chi connectivity index (χ3v) is 5.97. The standard InChI is InChI=1S/C18H16BrN3O2S2/c1-12-7-8-15(14(19)9-12)24-10-16(23)20-17-21-22-18(26-17)25-11-13-5-3-2-4-6-13/h2-9H,10-11H2,1H3,(H,20,21,23). The van der Waals surface area contributed by atoms with Crippen LogP contribution in [0.4, 0.5) is 5.13 Å². The van der Waals surface area contributed by atoms with E-state index in [1.165, 1.54) is 16.9 Å². The number of ether oxygens (including phenoxy) is 1. The van der Waals surface area contributed by atoms with E-state index in [1.807, 2.05) is 43.3 Å². The molecule has 0 bridgehead atoms. The van der Waals surface area contributed by atoms with Gasteiger partial charge in [0.15, 0.2) is 10.9 Å². The Morgan fingerprint density at radius 1 is 1.23 bits per heavy atom. The quantitative estimate of drug-likeness (QED) is 0.409. The molecule has 134 valence electrons. The van der Waals surface area contributed by atoms with Crippen LogP contribution in [0.15, 0.2) is 57.3 Å². The van der Waals surface area contributed by atoms with Crippen molar-refractivity contribution in [3.63, 3.8) is 0 Å². The summed E-state index contributed by atoms with van der Waals surface area (Å²) >= 11 is 6.37. The van der Waals surface area contributed by atoms with Gasteiger partial charge in [-0.15, -0.1) is 10.2 Å². The fourth-order valence-electron chi connectivity index (χ4n) is 2.06. The molecule has 8 heteroatoms. The number of halogens is 1. The highest BCUT2D eigenvalue weighted by molar-refractivity contribution is 9.10. The number of amides is 1. The molecule has 0 atom stereocenters. The summed E-state index contributed by atoms with van der Waals surface area (Å²) < 4.78 is 7.16. The Bertz CT molecular complexity index is 887. The van der Waals surface area contributed by atoms with E-state index in [2.05, 4.69) is 43.6 Å². The van der Waals surface area contributed by atoms with Crippen molar-refractivity contribution < 1.29 is 9.53 Å². The number of benzene rings is 2. The number of anilines is 1. The molecule has 5 nitrogen and oxygen atoms in total. The fourth-order valence-corrected chi connectivity index (χ4v) is 4.39. The maximum Gasteiger partial charge on any atom is 0.264 e. The molecule has 0 fully saturated rings. The molecule has 0 aliphatic rings. The number of rotatable bonds is 7. The number of thioether (sulfide) groups is 1. The molecule has 3 aromatic rings. The van der Waals surface area contributed by atoms with Crippen molar-refractivity contribution in [1.29, 1.82) is 0 Å². The SMILES string of the molecule is Cc1ccc(OCC(=O)Nc2nnc(SCc3ccccc3)s2)c(Br)c1. The second kappa shape index (κ2) is 9.16. The van der Waals surface area contributed by atoms with Gasteiger partial charge in [-0.25, -0.2) is 0 Å². The van der Waals surface area contributed by atoms with Gasteiger partial charge >= 0.3 is 0 Å². The molecule has 0 saturated carbocycles. The zero-order chi connectivity index (χ0) is 18.4. The summed E-state index contributed by atoms with van der Waals surface area (Å²) in [5, 5.41) is 11.3. The molecule has 0 spiro atoms. The van der Waals surface area contributed by atoms with E-state index in [1.54, 1.807) is 11.8 Å². The van der Waals surface area contributed by atoms with Gasteiger partial charge in [0.25, 0.3) is 5.91 Å². The summed E-state index contributed by atoms with van der Waals surface area (Å²) in [5.41, 5.74) is 2.33. The summed E-state index contributed by atoms with van der Waals surface area (Å²) in [6.45, 7) is 1.90. The number of hydrogen-bond acceptors (Lipinski definition) is 6. The molecule has 0 saturated heterocycles. The van der Waals surface area contributed by atoms with Crippen LogP contribution in [0.25, 0.3) is 0 Å². The Morgan fingerprint density at radius 3 is 2.81 bits per heavy atom. The predicted molar refractivity (Wildman–Crippen MR) is 109 cm³/mol. The van der Waals surface area contributed by atoms with Crippen LogP contribution in [0.2, 0.25) is 0 Å². The second-order valence-electron chi connectivity index (χ2n) is 5.42. The van der Waals surface area contributed by atoms with Crippen molar-refractivity contribution in [2.75, 3.05) is 11.9 Å². The van der Waals surface area contributed by atoms with Crippen LogP contribution in [0, 0.1) is 6.92 Å². The highest BCUT2D eigenvalue weighted by Gasteiger charge is 2.10. The van der Waals surface area contributed by atoms with Crippen molar-refractivity contribution in [3.8, 4) is 5.75 Å². The van der Waals surface area contributed by atoms with Gasteiger partial charge in [-0.05, 0) is 46.1 Å². The van der Waals surface area contributed by atoms with E-state index in [4.69, 9.17) is 4.74 Å². The van der Waals surface area contributed by atoms with E-state index in [0.717, 1.165) is 20.1 Å². The van der Waals surface area contributed by atoms with Gasteiger partial charge < -0.3 is 4.74 Å². The third-order valence-electron chi connectivity index (χ3n) is 3.30. The van der Waals surface area contributed by atoms with Crippen LogP contribution in [0.5, 0.6) is 5.75 Å². The lowest BCUT2D eigenvalue weighted by atomic mass is 10.2. The smallest absolute Gasteiger partial charge is 0.264 e. The molecule has 26 heavy (non-hydrogen) atoms. The molecule has 1 amide bonds. The van der Waals surface area contributed by atoms with Gasteiger partial charge in [0.05, 0.1) is 4.47 Å². The van der Waals surface area contributed by atoms with Crippen molar-refractivity contribution in [2.24, 2.45) is 0 Å². The minimum atomic E-state index is -0.270. The van der Waals surface area contributed by atoms with Crippen molar-refractivity contribution >= 4 is 50.1 Å². The maximum absolute atomic E-state index is 12.0. The molecule has 0 aliphatic carbocycles. The number of hydrogen-bond donors (Lipinski definition) is 1. The minimum absolute atomic E-state index is 0.0896. The third kappa shape index (κ3) is 5.55. The highest BCUT2D eigenvalue weighted by Crippen LogP contribution is 2.28. The van der Waals surface area contributed by atoms with Gasteiger partial charge in [0, 0.05) is 5.75 Å². The Kier molecular flexibility index (Phi) is 6.65. The first kappa shape index (κ1) is 18.9. The van der Waals surface area contributed by atoms with Crippen LogP contribution < -0.4 is 10.1 Å². The maximum atomic E-state index is 12.0. The van der Waals surface area contributed by atoms with Crippen LogP contribution in [-0.4, -0.2) is 22.7 Å². The molecular weight excluding hydrogens is 434 g/mol. The number of aryl methyl sites for hydroxylation is 1. The summed E-state index contributed by atoms with van der Waals surface area (Å²) in [6.07, 6.45) is 0. The van der Waals surface area contributed by atoms with Crippen LogP contribution >= 0.6 is 39.0 Å². The van der Waals surface area contributed by atoms with E-state index in [0.29, 0.717) is 10.9 Å². The van der Waals surface area contributed by atoms with Crippen LogP contribution in [0.1, 0.15) is 11.1 Å². The molecule has 2 aromatic carbocycles. The van der Waals surface area contributed by atoms with Crippen LogP contribution in [0.3, 0.4) is 0 Å². The zero-order valence-corrected chi connectivity index (χ0v) is 17.2. The number of carbonyl (C=O) groups is 1. The summed E-state index contributed by atoms with van der Waals surface area (Å²) in [6, 6.07) is 15.8. The lowest BCUT2D eigenvalue weighted by Gasteiger charge is -2.08. The molecule has 0 aliphatic heterocycles. The first-order valence-corrected chi connectivity index (χ1v) is 10.4. The largest absolute Gasteiger partial charge is 0.483 e. The average Bonchev–Trinajstić information content (AvgIpc) is 3.07. The minimum Gasteiger partial charge on any atom is -0.483 e. The molecule has 1 N–H and O–H groups in total. The summed E-state index contributed by atoms with van der Waals surface area (Å²) in [4.78, 5) is 12.0. The number of aromatic nitrogens is 2. The normalized spacial score (nSPS) is 10.5. The molecule has 0 unspecified atom stereocenters. The average molecular weight is 450 g/mol. The van der Waals surface area contributed by atoms with Gasteiger partial charge in [-0.1, -0.05) is 59.5 Å². The van der Waals surface area contributed by atoms with Crippen molar-refractivity contribution in [2.45, 2.75) is 17.0 Å². The van der Waals surface area contributed by atoms with E-state index < -0.39 is 0 Å². The fraction of sp³-hybridized carbons (Fsp3) is 0.167. The predicted octanol–water partition coefficient (Wildman–Crippen LogP) is 4.92. The molecule has 0 radical (unpaired) electrons. The lowest BCUT2D eigenvalue weighted by molar-refractivity contribution is -0.118. The van der Waals surface area contributed by atoms with E-state index >= 15 is 0 Å². The Labute approximate surface area is 168 Å². The first-order valence-electron chi connectivity index (χ1n) is 7.79. The number of carbonyl (C=O) groups excluding carboxylic acids is 1.